The molecule has 0 saturated heterocycles. The summed E-state index contributed by atoms with van der Waals surface area (Å²) in [6.45, 7) is 0. The van der Waals surface area contributed by atoms with E-state index in [0.29, 0.717) is 35.2 Å². The third-order valence-corrected chi connectivity index (χ3v) is 8.07. The van der Waals surface area contributed by atoms with E-state index in [1.165, 1.54) is 52.7 Å². The third kappa shape index (κ3) is 9.98. The predicted molar refractivity (Wildman–Crippen MR) is 180 cm³/mol. The minimum absolute atomic E-state index is 0. The van der Waals surface area contributed by atoms with Crippen LogP contribution in [0.2, 0.25) is 0 Å². The Hall–Kier alpha value is -3.54. The van der Waals surface area contributed by atoms with E-state index in [4.69, 9.17) is 3.80 Å². The van der Waals surface area contributed by atoms with Gasteiger partial charge in [-0.15, -0.1) is 0 Å². The van der Waals surface area contributed by atoms with Gasteiger partial charge >= 0.3 is 20.0 Å². The molecule has 7 aliphatic rings. The van der Waals surface area contributed by atoms with Crippen molar-refractivity contribution in [2.45, 2.75) is 46.0 Å². The van der Waals surface area contributed by atoms with Gasteiger partial charge in [0.1, 0.15) is 11.5 Å². The van der Waals surface area contributed by atoms with Gasteiger partial charge in [0.15, 0.2) is 23.1 Å². The Kier molecular flexibility index (Phi) is 19.9. The minimum atomic E-state index is -0.121. The Morgan fingerprint density at radius 1 is 0.587 bits per heavy atom. The molecule has 6 N–H and O–H groups in total. The van der Waals surface area contributed by atoms with E-state index in [1.54, 1.807) is 12.1 Å². The molecule has 0 aromatic heterocycles. The molecule has 6 unspecified atom stereocenters. The van der Waals surface area contributed by atoms with Gasteiger partial charge in [-0.3, -0.25) is 19.2 Å². The number of rotatable bonds is 0. The Morgan fingerprint density at radius 2 is 0.957 bits per heavy atom. The first kappa shape index (κ1) is 44.6. The van der Waals surface area contributed by atoms with Gasteiger partial charge in [0, 0.05) is 52.2 Å². The summed E-state index contributed by atoms with van der Waals surface area (Å²) in [5.41, 5.74) is 1.88. The van der Waals surface area contributed by atoms with Crippen molar-refractivity contribution in [1.29, 1.82) is 0 Å². The van der Waals surface area contributed by atoms with Gasteiger partial charge in [-0.1, -0.05) is 63.5 Å². The van der Waals surface area contributed by atoms with Crippen LogP contribution in [-0.2, 0) is 23.0 Å². The molecule has 8 rings (SSSR count). The molecule has 1 aromatic rings. The monoisotopic (exact) mass is 660 g/mol. The average Bonchev–Trinajstić information content (AvgIpc) is 3.84. The summed E-state index contributed by atoms with van der Waals surface area (Å²) in [6.07, 6.45) is 27.9. The maximum atomic E-state index is 11.5. The molecule has 0 aliphatic heterocycles. The SMILES string of the molecule is C.C.C1=CCC=C1.O.O.O=C1C=CC(=O)C2C3C=CC(C3)C12.O=C1C=CC(=O)C=C1.Oc1ccc(O)c2c1C1C=CC2C1.[Al].[O]=[Al]. The molecule has 242 valence electrons. The summed E-state index contributed by atoms with van der Waals surface area (Å²) >= 11 is 1.17. The molecule has 1 saturated carbocycles. The quantitative estimate of drug-likeness (QED) is 0.183. The number of aromatic hydroxyl groups is 2. The molecule has 0 amide bonds. The molecule has 1 aromatic carbocycles. The van der Waals surface area contributed by atoms with Crippen molar-refractivity contribution in [1.82, 2.24) is 0 Å². The number of phenols is 2. The number of benzene rings is 1. The first-order valence-electron chi connectivity index (χ1n) is 13.5. The standard InChI is InChI=1S/2C11H10O2.C6H4O2.C5H6.2CH4.2Al.2H2O.O/c2*12-8-3-4-9(13)11-7-2-1-6(5-7)10(8)11;7-5-1-2-6(8)4-3-5;1-2-4-5-3-1;;;;;;;/h1-4,6-7,12-13H,5H2;1-4,6-7,10-11H,5H2;1-4H;1-4H,5H2;2*1H4;;;2*1H2;. The zero-order chi connectivity index (χ0) is 29.5. The molecule has 11 heteroatoms. The molecule has 4 radical (unpaired) electrons. The van der Waals surface area contributed by atoms with Crippen LogP contribution in [0.3, 0.4) is 0 Å². The van der Waals surface area contributed by atoms with Gasteiger partial charge in [-0.2, -0.15) is 0 Å². The van der Waals surface area contributed by atoms with Crippen LogP contribution in [0.25, 0.3) is 0 Å². The van der Waals surface area contributed by atoms with Crippen molar-refractivity contribution in [3.8, 4) is 11.5 Å². The Labute approximate surface area is 289 Å². The van der Waals surface area contributed by atoms with Gasteiger partial charge in [-0.25, -0.2) is 0 Å². The molecule has 6 atom stereocenters. The first-order chi connectivity index (χ1) is 19.8. The van der Waals surface area contributed by atoms with E-state index in [2.05, 4.69) is 48.6 Å². The molecule has 7 aliphatic carbocycles. The van der Waals surface area contributed by atoms with Gasteiger partial charge in [-0.05, 0) is 79.7 Å². The van der Waals surface area contributed by atoms with Crippen molar-refractivity contribution in [2.24, 2.45) is 23.7 Å². The van der Waals surface area contributed by atoms with E-state index in [1.807, 2.05) is 0 Å². The molecule has 0 heterocycles. The number of carbonyl (C=O) groups excluding carboxylic acids is 4. The van der Waals surface area contributed by atoms with Crippen LogP contribution < -0.4 is 0 Å². The Bertz CT molecular complexity index is 1330. The molecule has 1 fully saturated rings. The normalized spacial score (nSPS) is 25.9. The summed E-state index contributed by atoms with van der Waals surface area (Å²) in [5.74, 6) is 2.01. The fourth-order valence-corrected chi connectivity index (χ4v) is 6.34. The molecular formula is C35H42Al2O9. The zero-order valence-electron chi connectivity index (χ0n) is 23.9. The molecule has 46 heavy (non-hydrogen) atoms. The molecular weight excluding hydrogens is 618 g/mol. The fraction of sp³-hybridized carbons (Fsp3) is 0.314. The van der Waals surface area contributed by atoms with Crippen LogP contribution in [0.1, 0.15) is 57.1 Å². The van der Waals surface area contributed by atoms with E-state index < -0.39 is 0 Å². The van der Waals surface area contributed by atoms with Crippen LogP contribution in [-0.4, -0.2) is 77.9 Å². The second-order valence-electron chi connectivity index (χ2n) is 10.5. The summed E-state index contributed by atoms with van der Waals surface area (Å²) < 4.78 is 8.17. The van der Waals surface area contributed by atoms with Gasteiger partial charge in [0.05, 0.1) is 0 Å². The second kappa shape index (κ2) is 20.6. The number of carbonyl (C=O) groups is 4. The van der Waals surface area contributed by atoms with Gasteiger partial charge in [0.2, 0.25) is 0 Å². The van der Waals surface area contributed by atoms with E-state index in [-0.39, 0.29) is 78.1 Å². The fourth-order valence-electron chi connectivity index (χ4n) is 6.34. The van der Waals surface area contributed by atoms with E-state index in [0.717, 1.165) is 30.4 Å². The zero-order valence-corrected chi connectivity index (χ0v) is 26.2. The maximum absolute atomic E-state index is 11.5. The van der Waals surface area contributed by atoms with Crippen LogP contribution >= 0.6 is 0 Å². The van der Waals surface area contributed by atoms with Gasteiger partial charge in [0.25, 0.3) is 0 Å². The Morgan fingerprint density at radius 3 is 1.28 bits per heavy atom. The van der Waals surface area contributed by atoms with Crippen molar-refractivity contribution < 1.29 is 44.1 Å². The number of fused-ring (bicyclic) bond motifs is 10. The third-order valence-electron chi connectivity index (χ3n) is 8.07. The van der Waals surface area contributed by atoms with Crippen LogP contribution in [0, 0.1) is 23.7 Å². The molecule has 4 bridgehead atoms. The van der Waals surface area contributed by atoms with Crippen LogP contribution in [0.5, 0.6) is 11.5 Å². The second-order valence-corrected chi connectivity index (χ2v) is 10.5. The number of phenolic OH excluding ortho intramolecular Hbond substituents is 2. The van der Waals surface area contributed by atoms with Crippen molar-refractivity contribution in [2.75, 3.05) is 0 Å². The van der Waals surface area contributed by atoms with E-state index >= 15 is 0 Å². The summed E-state index contributed by atoms with van der Waals surface area (Å²) in [6, 6.07) is 3.14. The van der Waals surface area contributed by atoms with Crippen molar-refractivity contribution in [3.05, 3.63) is 108 Å². The molecule has 0 spiro atoms. The van der Waals surface area contributed by atoms with Crippen LogP contribution in [0.15, 0.2) is 97.2 Å². The Balaban J connectivity index is 0. The number of ketones is 4. The number of hydrogen-bond donors (Lipinski definition) is 2. The summed E-state index contributed by atoms with van der Waals surface area (Å²) in [7, 11) is 0. The number of allylic oxidation sites excluding steroid dienone is 14. The average molecular weight is 661 g/mol. The first-order valence-corrected chi connectivity index (χ1v) is 14.0. The molecule has 9 nitrogen and oxygen atoms in total. The van der Waals surface area contributed by atoms with Gasteiger partial charge < -0.3 is 21.2 Å². The summed E-state index contributed by atoms with van der Waals surface area (Å²) in [4.78, 5) is 43.6. The van der Waals surface area contributed by atoms with Crippen molar-refractivity contribution in [3.63, 3.8) is 0 Å². The number of hydrogen-bond acceptors (Lipinski definition) is 7. The predicted octanol–water partition coefficient (Wildman–Crippen LogP) is 3.87. The topological polar surface area (TPSA) is 189 Å². The van der Waals surface area contributed by atoms with Crippen LogP contribution in [0.4, 0.5) is 0 Å². The van der Waals surface area contributed by atoms with Crippen molar-refractivity contribution >= 4 is 56.7 Å². The summed E-state index contributed by atoms with van der Waals surface area (Å²) in [5, 5.41) is 19.3. The van der Waals surface area contributed by atoms with E-state index in [9.17, 15) is 29.4 Å².